The molecular weight excluding hydrogens is 354 g/mol. The van der Waals surface area contributed by atoms with Gasteiger partial charge in [0.1, 0.15) is 0 Å². The summed E-state index contributed by atoms with van der Waals surface area (Å²) >= 11 is 6.31. The van der Waals surface area contributed by atoms with Crippen LogP contribution in [0.1, 0.15) is 10.4 Å². The highest BCUT2D eigenvalue weighted by Gasteiger charge is 2.03. The third-order valence-electron chi connectivity index (χ3n) is 1.15. The molecule has 0 atom stereocenters. The lowest BCUT2D eigenvalue weighted by Crippen LogP contribution is -1.99. The minimum Gasteiger partial charge on any atom is -0.293 e. The van der Waals surface area contributed by atoms with Gasteiger partial charge in [0, 0.05) is 22.4 Å². The first-order valence-electron chi connectivity index (χ1n) is 2.94. The van der Waals surface area contributed by atoms with Gasteiger partial charge in [-0.1, -0.05) is 15.9 Å². The van der Waals surface area contributed by atoms with Gasteiger partial charge in [-0.25, -0.2) is 0 Å². The van der Waals surface area contributed by atoms with Crippen LogP contribution in [0.2, 0.25) is 0 Å². The van der Waals surface area contributed by atoms with Crippen molar-refractivity contribution >= 4 is 54.6 Å². The number of Topliss-reactive ketones (excluding diaryl/α,β-unsaturated/α-hetero) is 1. The maximum Gasteiger partial charge on any atom is 0.174 e. The molecule has 0 aliphatic heterocycles. The summed E-state index contributed by atoms with van der Waals surface area (Å²) in [6.07, 6.45) is 3.19. The summed E-state index contributed by atoms with van der Waals surface area (Å²) in [7, 11) is 0. The van der Waals surface area contributed by atoms with E-state index in [1.165, 1.54) is 0 Å². The molecular formula is C7H6Br3NO. The molecule has 1 aromatic heterocycles. The van der Waals surface area contributed by atoms with Crippen molar-refractivity contribution in [1.82, 2.24) is 4.98 Å². The number of carbonyl (C=O) groups is 1. The van der Waals surface area contributed by atoms with E-state index in [1.54, 1.807) is 18.5 Å². The highest BCUT2D eigenvalue weighted by molar-refractivity contribution is 9.10. The molecule has 0 radical (unpaired) electrons. The Morgan fingerprint density at radius 3 is 2.67 bits per heavy atom. The molecule has 2 nitrogen and oxygen atoms in total. The largest absolute Gasteiger partial charge is 0.293 e. The Kier molecular flexibility index (Phi) is 5.96. The first kappa shape index (κ1) is 12.3. The molecule has 1 heterocycles. The number of rotatable bonds is 2. The Morgan fingerprint density at radius 1 is 1.50 bits per heavy atom. The molecule has 0 bridgehead atoms. The van der Waals surface area contributed by atoms with Gasteiger partial charge in [-0.2, -0.15) is 0 Å². The van der Waals surface area contributed by atoms with E-state index in [9.17, 15) is 4.79 Å². The fraction of sp³-hybridized carbons (Fsp3) is 0.143. The molecule has 1 rings (SSSR count). The fourth-order valence-corrected chi connectivity index (χ4v) is 1.33. The van der Waals surface area contributed by atoms with Crippen molar-refractivity contribution in [3.63, 3.8) is 0 Å². The molecule has 0 N–H and O–H groups in total. The lowest BCUT2D eigenvalue weighted by Gasteiger charge is -1.95. The number of nitrogens with zero attached hydrogens (tertiary/aromatic N) is 1. The van der Waals surface area contributed by atoms with Crippen molar-refractivity contribution < 1.29 is 4.79 Å². The standard InChI is InChI=1S/C7H5Br2NO.BrH/c8-2-7(11)5-1-6(9)4-10-3-5;/h1,3-4H,2H2;1H. The van der Waals surface area contributed by atoms with E-state index in [-0.39, 0.29) is 22.8 Å². The summed E-state index contributed by atoms with van der Waals surface area (Å²) < 4.78 is 0.823. The summed E-state index contributed by atoms with van der Waals surface area (Å²) in [6, 6.07) is 1.75. The second-order valence-corrected chi connectivity index (χ2v) is 3.43. The maximum atomic E-state index is 11.1. The van der Waals surface area contributed by atoms with Crippen molar-refractivity contribution in [1.29, 1.82) is 0 Å². The van der Waals surface area contributed by atoms with E-state index in [0.29, 0.717) is 10.9 Å². The van der Waals surface area contributed by atoms with E-state index >= 15 is 0 Å². The molecule has 66 valence electrons. The normalized spacial score (nSPS) is 8.83. The molecule has 0 saturated heterocycles. The molecule has 0 aromatic carbocycles. The number of halogens is 3. The molecule has 0 saturated carbocycles. The summed E-state index contributed by atoms with van der Waals surface area (Å²) in [6.45, 7) is 0. The van der Waals surface area contributed by atoms with Gasteiger partial charge in [0.05, 0.1) is 5.33 Å². The van der Waals surface area contributed by atoms with Crippen LogP contribution in [0.25, 0.3) is 0 Å². The predicted octanol–water partition coefficient (Wildman–Crippen LogP) is 3.00. The van der Waals surface area contributed by atoms with Gasteiger partial charge in [0.15, 0.2) is 5.78 Å². The van der Waals surface area contributed by atoms with Crippen LogP contribution in [0.3, 0.4) is 0 Å². The zero-order chi connectivity index (χ0) is 8.27. The van der Waals surface area contributed by atoms with E-state index in [4.69, 9.17) is 0 Å². The second kappa shape index (κ2) is 5.83. The van der Waals surface area contributed by atoms with Gasteiger partial charge >= 0.3 is 0 Å². The van der Waals surface area contributed by atoms with Gasteiger partial charge in [-0.15, -0.1) is 17.0 Å². The number of carbonyl (C=O) groups excluding carboxylic acids is 1. The van der Waals surface area contributed by atoms with Crippen LogP contribution in [0, 0.1) is 0 Å². The van der Waals surface area contributed by atoms with Crippen molar-refractivity contribution in [3.05, 3.63) is 28.5 Å². The van der Waals surface area contributed by atoms with Crippen molar-refractivity contribution in [2.75, 3.05) is 5.33 Å². The van der Waals surface area contributed by atoms with Gasteiger partial charge in [-0.05, 0) is 22.0 Å². The van der Waals surface area contributed by atoms with E-state index < -0.39 is 0 Å². The zero-order valence-electron chi connectivity index (χ0n) is 5.96. The van der Waals surface area contributed by atoms with E-state index in [2.05, 4.69) is 36.8 Å². The zero-order valence-corrected chi connectivity index (χ0v) is 10.8. The van der Waals surface area contributed by atoms with Crippen molar-refractivity contribution in [2.24, 2.45) is 0 Å². The summed E-state index contributed by atoms with van der Waals surface area (Å²) in [4.78, 5) is 14.9. The quantitative estimate of drug-likeness (QED) is 0.600. The number of hydrogen-bond acceptors (Lipinski definition) is 2. The van der Waals surface area contributed by atoms with Crippen LogP contribution in [-0.2, 0) is 0 Å². The number of hydrogen-bond donors (Lipinski definition) is 0. The predicted molar refractivity (Wildman–Crippen MR) is 60.4 cm³/mol. The summed E-state index contributed by atoms with van der Waals surface area (Å²) in [5.41, 5.74) is 0.622. The number of aromatic nitrogens is 1. The van der Waals surface area contributed by atoms with Crippen LogP contribution >= 0.6 is 48.8 Å². The molecule has 0 unspecified atom stereocenters. The van der Waals surface area contributed by atoms with Crippen LogP contribution in [0.15, 0.2) is 22.9 Å². The summed E-state index contributed by atoms with van der Waals surface area (Å²) in [5.74, 6) is 0.0406. The Morgan fingerprint density at radius 2 is 2.17 bits per heavy atom. The second-order valence-electron chi connectivity index (χ2n) is 1.95. The third kappa shape index (κ3) is 3.33. The molecule has 0 spiro atoms. The lowest BCUT2D eigenvalue weighted by atomic mass is 10.2. The van der Waals surface area contributed by atoms with Crippen LogP contribution in [0.4, 0.5) is 0 Å². The maximum absolute atomic E-state index is 11.1. The average Bonchev–Trinajstić information content (AvgIpc) is 2.03. The van der Waals surface area contributed by atoms with E-state index in [0.717, 1.165) is 4.47 Å². The summed E-state index contributed by atoms with van der Waals surface area (Å²) in [5, 5.41) is 0.338. The number of pyridine rings is 1. The van der Waals surface area contributed by atoms with Gasteiger partial charge in [-0.3, -0.25) is 9.78 Å². The minimum atomic E-state index is 0. The Balaban J connectivity index is 0.00000121. The van der Waals surface area contributed by atoms with Crippen molar-refractivity contribution in [2.45, 2.75) is 0 Å². The van der Waals surface area contributed by atoms with Crippen LogP contribution < -0.4 is 0 Å². The smallest absolute Gasteiger partial charge is 0.174 e. The highest BCUT2D eigenvalue weighted by atomic mass is 79.9. The Labute approximate surface area is 97.8 Å². The van der Waals surface area contributed by atoms with Crippen LogP contribution in [0.5, 0.6) is 0 Å². The van der Waals surface area contributed by atoms with Crippen LogP contribution in [-0.4, -0.2) is 16.1 Å². The molecule has 0 aliphatic carbocycles. The Hall–Kier alpha value is 0.260. The first-order valence-corrected chi connectivity index (χ1v) is 4.85. The Bertz CT molecular complexity index is 277. The molecule has 12 heavy (non-hydrogen) atoms. The fourth-order valence-electron chi connectivity index (χ4n) is 0.642. The molecule has 1 aromatic rings. The molecule has 0 aliphatic rings. The molecule has 0 fully saturated rings. The average molecular weight is 360 g/mol. The highest BCUT2D eigenvalue weighted by Crippen LogP contribution is 2.10. The third-order valence-corrected chi connectivity index (χ3v) is 2.09. The molecule has 0 amide bonds. The monoisotopic (exact) mass is 357 g/mol. The minimum absolute atomic E-state index is 0. The van der Waals surface area contributed by atoms with Crippen molar-refractivity contribution in [3.8, 4) is 0 Å². The van der Waals surface area contributed by atoms with E-state index in [1.807, 2.05) is 0 Å². The number of ketones is 1. The van der Waals surface area contributed by atoms with Gasteiger partial charge < -0.3 is 0 Å². The lowest BCUT2D eigenvalue weighted by molar-refractivity contribution is 0.102. The SMILES string of the molecule is Br.O=C(CBr)c1cncc(Br)c1. The van der Waals surface area contributed by atoms with Gasteiger partial charge in [0.25, 0.3) is 0 Å². The topological polar surface area (TPSA) is 30.0 Å². The number of alkyl halides is 1. The van der Waals surface area contributed by atoms with Gasteiger partial charge in [0.2, 0.25) is 0 Å². The molecule has 5 heteroatoms. The first-order chi connectivity index (χ1) is 5.24.